The highest BCUT2D eigenvalue weighted by Crippen LogP contribution is 2.76. The van der Waals surface area contributed by atoms with Crippen LogP contribution >= 0.6 is 0 Å². The van der Waals surface area contributed by atoms with E-state index < -0.39 is 138 Å². The molecular formula is C42H66O17. The first-order valence-electron chi connectivity index (χ1n) is 21.2. The highest BCUT2D eigenvalue weighted by molar-refractivity contribution is 5.79. The van der Waals surface area contributed by atoms with Crippen LogP contribution in [-0.2, 0) is 28.5 Å². The molecule has 0 amide bonds. The van der Waals surface area contributed by atoms with Gasteiger partial charge < -0.3 is 75.1 Å². The van der Waals surface area contributed by atoms with Crippen molar-refractivity contribution < 1.29 is 84.7 Å². The quantitative estimate of drug-likeness (QED) is 0.106. The molecule has 0 bridgehead atoms. The van der Waals surface area contributed by atoms with Crippen molar-refractivity contribution in [2.45, 2.75) is 166 Å². The summed E-state index contributed by atoms with van der Waals surface area (Å²) in [5.74, 6) is -2.85. The van der Waals surface area contributed by atoms with E-state index in [-0.39, 0.29) is 24.4 Å². The average molecular weight is 843 g/mol. The van der Waals surface area contributed by atoms with E-state index in [2.05, 4.69) is 26.8 Å². The van der Waals surface area contributed by atoms with Crippen molar-refractivity contribution in [2.75, 3.05) is 19.8 Å². The van der Waals surface area contributed by atoms with Crippen LogP contribution in [0.25, 0.3) is 0 Å². The second kappa shape index (κ2) is 15.5. The molecule has 2 saturated heterocycles. The van der Waals surface area contributed by atoms with E-state index in [4.69, 9.17) is 18.9 Å². The normalized spacial score (nSPS) is 53.1. The second-order valence-electron chi connectivity index (χ2n) is 20.5. The third kappa shape index (κ3) is 6.50. The fourth-order valence-electron chi connectivity index (χ4n) is 13.6. The van der Waals surface area contributed by atoms with Gasteiger partial charge in [-0.15, -0.1) is 0 Å². The number of hydrogen-bond donors (Lipinski definition) is 11. The van der Waals surface area contributed by atoms with E-state index in [9.17, 15) is 65.8 Å². The summed E-state index contributed by atoms with van der Waals surface area (Å²) in [6.07, 6.45) is -13.5. The fraction of sp³-hybridized carbons (Fsp3) is 0.905. The predicted octanol–water partition coefficient (Wildman–Crippen LogP) is -1.24. The highest BCUT2D eigenvalue weighted by atomic mass is 16.7. The Labute approximate surface area is 343 Å². The molecule has 7 rings (SSSR count). The average Bonchev–Trinajstić information content (AvgIpc) is 3.19. The molecule has 5 aliphatic carbocycles. The summed E-state index contributed by atoms with van der Waals surface area (Å²) < 4.78 is 22.6. The Morgan fingerprint density at radius 3 is 1.76 bits per heavy atom. The van der Waals surface area contributed by atoms with Gasteiger partial charge in [0.2, 0.25) is 12.6 Å². The van der Waals surface area contributed by atoms with Gasteiger partial charge in [-0.1, -0.05) is 39.3 Å². The summed E-state index contributed by atoms with van der Waals surface area (Å²) in [4.78, 5) is 29.0. The topological polar surface area (TPSA) is 294 Å². The van der Waals surface area contributed by atoms with Crippen molar-refractivity contribution in [3.8, 4) is 0 Å². The van der Waals surface area contributed by atoms with Gasteiger partial charge in [-0.3, -0.25) is 9.59 Å². The molecule has 17 nitrogen and oxygen atoms in total. The minimum Gasteiger partial charge on any atom is -0.432 e. The summed E-state index contributed by atoms with van der Waals surface area (Å²) in [5.41, 5.74) is -4.41. The van der Waals surface area contributed by atoms with Crippen LogP contribution in [-0.4, -0.2) is 162 Å². The van der Waals surface area contributed by atoms with E-state index >= 15 is 0 Å². The molecule has 2 aliphatic heterocycles. The van der Waals surface area contributed by atoms with Gasteiger partial charge in [0.25, 0.3) is 0 Å². The Morgan fingerprint density at radius 2 is 1.22 bits per heavy atom. The minimum absolute atomic E-state index is 0.124. The number of rotatable bonds is 7. The molecule has 336 valence electrons. The second-order valence-corrected chi connectivity index (χ2v) is 20.5. The van der Waals surface area contributed by atoms with E-state index in [1.54, 1.807) is 0 Å². The maximum absolute atomic E-state index is 14.6. The maximum atomic E-state index is 14.6. The van der Waals surface area contributed by atoms with Gasteiger partial charge in [0, 0.05) is 5.41 Å². The Kier molecular flexibility index (Phi) is 11.8. The van der Waals surface area contributed by atoms with Crippen molar-refractivity contribution in [2.24, 2.45) is 50.2 Å². The molecule has 0 spiro atoms. The van der Waals surface area contributed by atoms with Gasteiger partial charge in [0.05, 0.1) is 42.9 Å². The Bertz CT molecular complexity index is 1640. The standard InChI is InChI=1S/C42H66O17/c1-37(2)10-11-41(36(55)59-34-31(52)29(50)27(48)23(17-44)57-34)12-13-42(18-45)19(20(41)14-37)6-7-24-38(3)15-21(46)32(53)40(5,25(38)8-9-39(24,42)4)35(54)58-33-30(51)28(49)26(47)22(16-43)56-33/h6,20-34,43-53H,7-18H2,1-5H3/t20-,21?,22+,23+,24+,25+,26+,27+,28-,29-,30+,31+,32?,33-,34-,38+,39+,40?,41-,42?/m0/s1. The van der Waals surface area contributed by atoms with Crippen molar-refractivity contribution >= 4 is 11.9 Å². The smallest absolute Gasteiger partial charge is 0.317 e. The number of ether oxygens (including phenoxy) is 4. The Morgan fingerprint density at radius 1 is 0.678 bits per heavy atom. The Balaban J connectivity index is 1.22. The summed E-state index contributed by atoms with van der Waals surface area (Å²) in [6, 6.07) is 0. The fourth-order valence-corrected chi connectivity index (χ4v) is 13.6. The first-order chi connectivity index (χ1) is 27.5. The largest absolute Gasteiger partial charge is 0.432 e. The van der Waals surface area contributed by atoms with Crippen LogP contribution in [0.5, 0.6) is 0 Å². The summed E-state index contributed by atoms with van der Waals surface area (Å²) in [5, 5.41) is 117. The van der Waals surface area contributed by atoms with Gasteiger partial charge >= 0.3 is 11.9 Å². The van der Waals surface area contributed by atoms with Crippen molar-refractivity contribution in [3.05, 3.63) is 11.6 Å². The Hall–Kier alpha value is -1.84. The molecule has 17 heteroatoms. The zero-order valence-electron chi connectivity index (χ0n) is 34.6. The van der Waals surface area contributed by atoms with Crippen LogP contribution in [0.3, 0.4) is 0 Å². The van der Waals surface area contributed by atoms with Gasteiger partial charge in [-0.05, 0) is 98.7 Å². The molecule has 20 atom stereocenters. The monoisotopic (exact) mass is 842 g/mol. The number of esters is 2. The van der Waals surface area contributed by atoms with E-state index in [0.717, 1.165) is 5.57 Å². The lowest BCUT2D eigenvalue weighted by Crippen LogP contribution is -2.70. The molecule has 0 aromatic rings. The molecule has 7 aliphatic rings. The molecule has 6 fully saturated rings. The van der Waals surface area contributed by atoms with Gasteiger partial charge in [0.1, 0.15) is 48.8 Å². The molecule has 0 aromatic heterocycles. The molecule has 0 radical (unpaired) electrons. The molecule has 4 saturated carbocycles. The first kappa shape index (κ1) is 45.2. The van der Waals surface area contributed by atoms with Gasteiger partial charge in [0.15, 0.2) is 0 Å². The number of carbonyl (C=O) groups excluding carboxylic acids is 2. The van der Waals surface area contributed by atoms with Crippen LogP contribution in [0.1, 0.15) is 92.4 Å². The zero-order valence-corrected chi connectivity index (χ0v) is 34.6. The summed E-state index contributed by atoms with van der Waals surface area (Å²) in [6.45, 7) is 8.25. The van der Waals surface area contributed by atoms with Crippen LogP contribution in [0.15, 0.2) is 11.6 Å². The lowest BCUT2D eigenvalue weighted by atomic mass is 9.33. The predicted molar refractivity (Wildman–Crippen MR) is 202 cm³/mol. The van der Waals surface area contributed by atoms with Crippen LogP contribution in [0, 0.1) is 50.2 Å². The number of allylic oxidation sites excluding steroid dienone is 1. The lowest BCUT2D eigenvalue weighted by molar-refractivity contribution is -0.303. The molecule has 4 unspecified atom stereocenters. The SMILES string of the molecule is CC1(C)CC[C@]2(C(=O)O[C@@H]3O[C@H](CO)[C@@H](O)[C@H](O)[C@H]3O)CCC3(CO)C(=CC[C@@H]4[C@@]5(C)CC(O)C(O)C(C)(C(=O)O[C@@H]6O[C@H](CO)[C@@H](O)[C@H](O)[C@H]6O)[C@@H]5CC[C@]43C)[C@@H]2C1. The molecule has 11 N–H and O–H groups in total. The maximum Gasteiger partial charge on any atom is 0.317 e. The van der Waals surface area contributed by atoms with Gasteiger partial charge in [-0.25, -0.2) is 0 Å². The number of aliphatic hydroxyl groups is 11. The number of hydrogen-bond acceptors (Lipinski definition) is 17. The number of aliphatic hydroxyl groups excluding tert-OH is 11. The van der Waals surface area contributed by atoms with E-state index in [0.29, 0.717) is 51.4 Å². The number of fused-ring (bicyclic) bond motifs is 7. The van der Waals surface area contributed by atoms with Crippen LogP contribution < -0.4 is 0 Å². The third-order valence-electron chi connectivity index (χ3n) is 17.2. The molecule has 59 heavy (non-hydrogen) atoms. The van der Waals surface area contributed by atoms with Gasteiger partial charge in [-0.2, -0.15) is 0 Å². The van der Waals surface area contributed by atoms with Crippen molar-refractivity contribution in [3.63, 3.8) is 0 Å². The molecular weight excluding hydrogens is 776 g/mol. The summed E-state index contributed by atoms with van der Waals surface area (Å²) in [7, 11) is 0. The minimum atomic E-state index is -1.86. The van der Waals surface area contributed by atoms with E-state index in [1.165, 1.54) is 6.92 Å². The first-order valence-corrected chi connectivity index (χ1v) is 21.2. The van der Waals surface area contributed by atoms with Crippen LogP contribution in [0.4, 0.5) is 0 Å². The molecule has 2 heterocycles. The van der Waals surface area contributed by atoms with E-state index in [1.807, 2.05) is 6.92 Å². The zero-order chi connectivity index (χ0) is 43.4. The third-order valence-corrected chi connectivity index (χ3v) is 17.2. The number of carbonyl (C=O) groups is 2. The van der Waals surface area contributed by atoms with Crippen molar-refractivity contribution in [1.29, 1.82) is 0 Å². The van der Waals surface area contributed by atoms with Crippen LogP contribution in [0.2, 0.25) is 0 Å². The molecule has 0 aromatic carbocycles. The van der Waals surface area contributed by atoms with Crippen molar-refractivity contribution in [1.82, 2.24) is 0 Å². The highest BCUT2D eigenvalue weighted by Gasteiger charge is 2.73. The summed E-state index contributed by atoms with van der Waals surface area (Å²) >= 11 is 0. The lowest BCUT2D eigenvalue weighted by Gasteiger charge is -2.71.